The molecule has 0 bridgehead atoms. The summed E-state index contributed by atoms with van der Waals surface area (Å²) in [5.74, 6) is -1.10. The minimum Gasteiger partial charge on any atom is -0.476 e. The summed E-state index contributed by atoms with van der Waals surface area (Å²) in [5, 5.41) is 19.5. The Morgan fingerprint density at radius 2 is 2.00 bits per heavy atom. The maximum atomic E-state index is 11.3. The van der Waals surface area contributed by atoms with Gasteiger partial charge in [-0.2, -0.15) is 4.68 Å². The van der Waals surface area contributed by atoms with Crippen LogP contribution in [0.5, 0.6) is 0 Å². The van der Waals surface area contributed by atoms with E-state index in [9.17, 15) is 9.90 Å². The molecule has 7 heteroatoms. The smallest absolute Gasteiger partial charge is 0.358 e. The number of carbonyl (C=O) groups is 1. The third kappa shape index (κ3) is 2.50. The lowest BCUT2D eigenvalue weighted by Crippen LogP contribution is -2.08. The second kappa shape index (κ2) is 5.69. The standard InChI is InChI=1S/C15H14N4O2S/c1-9(2)13-12(14(20)21)17-18-19(13)15-16-11(8-22-15)10-6-4-3-5-7-10/h3-9H,1-2H3,(H,20,21). The van der Waals surface area contributed by atoms with Crippen LogP contribution in [0, 0.1) is 0 Å². The number of thiazole rings is 1. The highest BCUT2D eigenvalue weighted by Crippen LogP contribution is 2.27. The van der Waals surface area contributed by atoms with Crippen LogP contribution in [0.15, 0.2) is 35.7 Å². The molecule has 3 rings (SSSR count). The summed E-state index contributed by atoms with van der Waals surface area (Å²) in [6.45, 7) is 3.82. The average Bonchev–Trinajstić information content (AvgIpc) is 3.14. The Bertz CT molecular complexity index is 808. The van der Waals surface area contributed by atoms with Gasteiger partial charge in [0, 0.05) is 10.9 Å². The molecule has 0 saturated heterocycles. The highest BCUT2D eigenvalue weighted by molar-refractivity contribution is 7.12. The summed E-state index contributed by atoms with van der Waals surface area (Å²) >= 11 is 1.41. The molecule has 0 spiro atoms. The Balaban J connectivity index is 2.06. The molecule has 0 fully saturated rings. The molecular weight excluding hydrogens is 300 g/mol. The molecule has 22 heavy (non-hydrogen) atoms. The zero-order valence-electron chi connectivity index (χ0n) is 12.1. The molecule has 0 amide bonds. The number of aromatic nitrogens is 4. The second-order valence-corrected chi connectivity index (χ2v) is 5.91. The van der Waals surface area contributed by atoms with Crippen molar-refractivity contribution in [1.82, 2.24) is 20.0 Å². The fraction of sp³-hybridized carbons (Fsp3) is 0.200. The van der Waals surface area contributed by atoms with Crippen LogP contribution in [0.2, 0.25) is 0 Å². The average molecular weight is 314 g/mol. The summed E-state index contributed by atoms with van der Waals surface area (Å²) in [6, 6.07) is 9.81. The monoisotopic (exact) mass is 314 g/mol. The van der Waals surface area contributed by atoms with Crippen LogP contribution in [0.1, 0.15) is 35.9 Å². The molecule has 112 valence electrons. The van der Waals surface area contributed by atoms with Gasteiger partial charge in [0.1, 0.15) is 0 Å². The topological polar surface area (TPSA) is 80.9 Å². The van der Waals surface area contributed by atoms with Crippen molar-refractivity contribution in [2.75, 3.05) is 0 Å². The van der Waals surface area contributed by atoms with Crippen molar-refractivity contribution < 1.29 is 9.90 Å². The van der Waals surface area contributed by atoms with E-state index in [0.717, 1.165) is 11.3 Å². The first kappa shape index (κ1) is 14.4. The number of nitrogens with zero attached hydrogens (tertiary/aromatic N) is 4. The highest BCUT2D eigenvalue weighted by atomic mass is 32.1. The lowest BCUT2D eigenvalue weighted by molar-refractivity contribution is 0.0688. The van der Waals surface area contributed by atoms with E-state index in [0.29, 0.717) is 10.8 Å². The fourth-order valence-corrected chi connectivity index (χ4v) is 3.00. The number of carboxylic acid groups (broad SMARTS) is 1. The quantitative estimate of drug-likeness (QED) is 0.799. The Hall–Kier alpha value is -2.54. The molecule has 0 unspecified atom stereocenters. The van der Waals surface area contributed by atoms with Gasteiger partial charge in [0.25, 0.3) is 0 Å². The number of rotatable bonds is 4. The van der Waals surface area contributed by atoms with Crippen LogP contribution >= 0.6 is 11.3 Å². The predicted octanol–water partition coefficient (Wildman–Crippen LogP) is 3.21. The molecule has 0 aliphatic rings. The minimum atomic E-state index is -1.07. The van der Waals surface area contributed by atoms with Crippen LogP contribution < -0.4 is 0 Å². The van der Waals surface area contributed by atoms with Gasteiger partial charge in [-0.25, -0.2) is 9.78 Å². The van der Waals surface area contributed by atoms with Gasteiger partial charge in [0.15, 0.2) is 5.69 Å². The molecule has 0 saturated carbocycles. The van der Waals surface area contributed by atoms with E-state index in [-0.39, 0.29) is 11.6 Å². The van der Waals surface area contributed by atoms with E-state index in [4.69, 9.17) is 0 Å². The van der Waals surface area contributed by atoms with Gasteiger partial charge < -0.3 is 5.11 Å². The van der Waals surface area contributed by atoms with Crippen molar-refractivity contribution in [3.8, 4) is 16.4 Å². The summed E-state index contributed by atoms with van der Waals surface area (Å²) < 4.78 is 1.52. The van der Waals surface area contributed by atoms with Crippen molar-refractivity contribution in [3.05, 3.63) is 47.1 Å². The zero-order valence-corrected chi connectivity index (χ0v) is 12.9. The van der Waals surface area contributed by atoms with Gasteiger partial charge in [-0.3, -0.25) is 0 Å². The van der Waals surface area contributed by atoms with Gasteiger partial charge in [-0.15, -0.1) is 16.4 Å². The van der Waals surface area contributed by atoms with Crippen molar-refractivity contribution in [1.29, 1.82) is 0 Å². The third-order valence-electron chi connectivity index (χ3n) is 3.20. The van der Waals surface area contributed by atoms with E-state index >= 15 is 0 Å². The van der Waals surface area contributed by atoms with Crippen LogP contribution in [0.25, 0.3) is 16.4 Å². The third-order valence-corrected chi connectivity index (χ3v) is 4.01. The molecule has 0 atom stereocenters. The molecular formula is C15H14N4O2S. The van der Waals surface area contributed by atoms with Crippen molar-refractivity contribution in [2.45, 2.75) is 19.8 Å². The molecule has 0 aliphatic carbocycles. The number of hydrogen-bond acceptors (Lipinski definition) is 5. The maximum absolute atomic E-state index is 11.3. The second-order valence-electron chi connectivity index (χ2n) is 5.08. The lowest BCUT2D eigenvalue weighted by atomic mass is 10.1. The summed E-state index contributed by atoms with van der Waals surface area (Å²) in [7, 11) is 0. The Morgan fingerprint density at radius 3 is 2.64 bits per heavy atom. The number of hydrogen-bond donors (Lipinski definition) is 1. The van der Waals surface area contributed by atoms with Crippen molar-refractivity contribution in [2.24, 2.45) is 0 Å². The molecule has 2 aromatic heterocycles. The molecule has 0 aliphatic heterocycles. The van der Waals surface area contributed by atoms with E-state index in [1.807, 2.05) is 49.6 Å². The number of carboxylic acids is 1. The SMILES string of the molecule is CC(C)c1c(C(=O)O)nnn1-c1nc(-c2ccccc2)cs1. The van der Waals surface area contributed by atoms with E-state index in [2.05, 4.69) is 15.3 Å². The van der Waals surface area contributed by atoms with Gasteiger partial charge in [0.2, 0.25) is 5.13 Å². The van der Waals surface area contributed by atoms with Crippen LogP contribution in [-0.4, -0.2) is 31.1 Å². The number of aromatic carboxylic acids is 1. The molecule has 1 aromatic carbocycles. The first-order valence-corrected chi connectivity index (χ1v) is 7.66. The van der Waals surface area contributed by atoms with Crippen LogP contribution in [-0.2, 0) is 0 Å². The Morgan fingerprint density at radius 1 is 1.27 bits per heavy atom. The largest absolute Gasteiger partial charge is 0.476 e. The first-order valence-electron chi connectivity index (χ1n) is 6.78. The minimum absolute atomic E-state index is 0.0218. The summed E-state index contributed by atoms with van der Waals surface area (Å²) in [5.41, 5.74) is 2.38. The van der Waals surface area contributed by atoms with Gasteiger partial charge in [-0.1, -0.05) is 49.4 Å². The summed E-state index contributed by atoms with van der Waals surface area (Å²) in [6.07, 6.45) is 0. The molecule has 0 radical (unpaired) electrons. The predicted molar refractivity (Wildman–Crippen MR) is 83.5 cm³/mol. The normalized spacial score (nSPS) is 11.0. The summed E-state index contributed by atoms with van der Waals surface area (Å²) in [4.78, 5) is 15.8. The van der Waals surface area contributed by atoms with Crippen LogP contribution in [0.4, 0.5) is 0 Å². The van der Waals surface area contributed by atoms with E-state index in [1.54, 1.807) is 0 Å². The number of benzene rings is 1. The fourth-order valence-electron chi connectivity index (χ4n) is 2.20. The molecule has 6 nitrogen and oxygen atoms in total. The van der Waals surface area contributed by atoms with Crippen LogP contribution in [0.3, 0.4) is 0 Å². The van der Waals surface area contributed by atoms with E-state index < -0.39 is 5.97 Å². The van der Waals surface area contributed by atoms with Crippen molar-refractivity contribution >= 4 is 17.3 Å². The van der Waals surface area contributed by atoms with Crippen molar-refractivity contribution in [3.63, 3.8) is 0 Å². The van der Waals surface area contributed by atoms with E-state index in [1.165, 1.54) is 16.0 Å². The molecule has 2 heterocycles. The first-order chi connectivity index (χ1) is 10.6. The molecule has 3 aromatic rings. The lowest BCUT2D eigenvalue weighted by Gasteiger charge is -2.06. The zero-order chi connectivity index (χ0) is 15.7. The highest BCUT2D eigenvalue weighted by Gasteiger charge is 2.23. The Kier molecular flexibility index (Phi) is 3.72. The van der Waals surface area contributed by atoms with Gasteiger partial charge in [0.05, 0.1) is 11.4 Å². The maximum Gasteiger partial charge on any atom is 0.358 e. The molecule has 1 N–H and O–H groups in total. The Labute approximate surface area is 131 Å². The van der Waals surface area contributed by atoms with Gasteiger partial charge in [-0.05, 0) is 5.92 Å². The van der Waals surface area contributed by atoms with Gasteiger partial charge >= 0.3 is 5.97 Å².